The second-order valence-electron chi connectivity index (χ2n) is 0.0833. The van der Waals surface area contributed by atoms with E-state index in [0.717, 1.165) is 0 Å². The van der Waals surface area contributed by atoms with Gasteiger partial charge in [0.15, 0.2) is 0 Å². The van der Waals surface area contributed by atoms with Gasteiger partial charge in [-0.1, -0.05) is 0 Å². The Kier molecular flexibility index (Phi) is 3150. The van der Waals surface area contributed by atoms with Crippen LogP contribution in [0.3, 0.4) is 0 Å². The van der Waals surface area contributed by atoms with Crippen LogP contribution in [-0.2, 0) is 73.4 Å². The van der Waals surface area contributed by atoms with Crippen molar-refractivity contribution in [1.82, 2.24) is 0 Å². The van der Waals surface area contributed by atoms with Crippen molar-refractivity contribution in [3.05, 3.63) is 0 Å². The summed E-state index contributed by atoms with van der Waals surface area (Å²) in [6.45, 7) is 0. The van der Waals surface area contributed by atoms with Crippen LogP contribution in [-0.4, -0.2) is 9.29 Å². The Morgan fingerprint density at radius 1 is 0.600 bits per heavy atom. The van der Waals surface area contributed by atoms with Crippen LogP contribution in [0.25, 0.3) is 0 Å². The van der Waals surface area contributed by atoms with Gasteiger partial charge in [0.05, 0.1) is 0 Å². The molecule has 0 unspecified atom stereocenters. The van der Waals surface area contributed by atoms with Gasteiger partial charge >= 0.3 is 9.29 Å². The molecule has 10 heavy (non-hydrogen) atoms. The molecule has 2 radical (unpaired) electrons. The van der Waals surface area contributed by atoms with Gasteiger partial charge in [0, 0.05) is 37.1 Å². The standard InChI is InChI=1S/O2Si.5O.2V/c1-3-2;;;;;;;/q;5*-2;;. The molecule has 7 nitrogen and oxygen atoms in total. The fourth-order valence-corrected chi connectivity index (χ4v) is 0. The topological polar surface area (TPSA) is 177 Å². The molecule has 66 valence electrons. The fourth-order valence-electron chi connectivity index (χ4n) is 0. The molecular formula is O7SiV2-10. The first-order valence-corrected chi connectivity index (χ1v) is 1.22. The van der Waals surface area contributed by atoms with E-state index in [9.17, 15) is 0 Å². The monoisotopic (exact) mass is 242 g/mol. The van der Waals surface area contributed by atoms with Crippen LogP contribution in [0.5, 0.6) is 0 Å². The maximum absolute atomic E-state index is 8.40. The van der Waals surface area contributed by atoms with Crippen molar-refractivity contribution in [2.24, 2.45) is 0 Å². The summed E-state index contributed by atoms with van der Waals surface area (Å²) in [5.41, 5.74) is 0. The van der Waals surface area contributed by atoms with E-state index in [4.69, 9.17) is 8.92 Å². The summed E-state index contributed by atoms with van der Waals surface area (Å²) in [5.74, 6) is 0. The second kappa shape index (κ2) is 237. The third-order valence-corrected chi connectivity index (χ3v) is 0. The molecule has 0 fully saturated rings. The molecule has 0 aliphatic heterocycles. The molecule has 0 aliphatic carbocycles. The van der Waals surface area contributed by atoms with Crippen molar-refractivity contribution in [2.75, 3.05) is 0 Å². The van der Waals surface area contributed by atoms with E-state index in [2.05, 4.69) is 0 Å². The summed E-state index contributed by atoms with van der Waals surface area (Å²) in [7, 11) is -1.42. The zero-order valence-electron chi connectivity index (χ0n) is 4.25. The Morgan fingerprint density at radius 2 is 0.600 bits per heavy atom. The minimum atomic E-state index is -1.42. The fraction of sp³-hybridized carbons (Fsp3) is 0. The summed E-state index contributed by atoms with van der Waals surface area (Å²) in [4.78, 5) is 0. The third-order valence-electron chi connectivity index (χ3n) is 0. The average molecular weight is 242 g/mol. The van der Waals surface area contributed by atoms with Crippen molar-refractivity contribution in [2.45, 2.75) is 0 Å². The average Bonchev–Trinajstić information content (AvgIpc) is 0.918. The molecule has 0 saturated carbocycles. The van der Waals surface area contributed by atoms with Crippen LogP contribution in [0.2, 0.25) is 0 Å². The first-order valence-electron chi connectivity index (χ1n) is 0.408. The van der Waals surface area contributed by atoms with Crippen molar-refractivity contribution in [3.63, 3.8) is 0 Å². The largest absolute Gasteiger partial charge is 2.00 e. The van der Waals surface area contributed by atoms with Gasteiger partial charge in [0.2, 0.25) is 0 Å². The smallest absolute Gasteiger partial charge is 0.549 e. The number of hydrogen-bond acceptors (Lipinski definition) is 2. The van der Waals surface area contributed by atoms with Crippen molar-refractivity contribution in [1.29, 1.82) is 0 Å². The summed E-state index contributed by atoms with van der Waals surface area (Å²) in [5, 5.41) is 0. The second-order valence-corrected chi connectivity index (χ2v) is 0.250. The first kappa shape index (κ1) is 133. The van der Waals surface area contributed by atoms with E-state index in [1.54, 1.807) is 0 Å². The van der Waals surface area contributed by atoms with E-state index >= 15 is 0 Å². The van der Waals surface area contributed by atoms with Gasteiger partial charge < -0.3 is 27.4 Å². The molecule has 0 spiro atoms. The molecule has 0 aromatic rings. The van der Waals surface area contributed by atoms with Crippen LogP contribution in [0.15, 0.2) is 0 Å². The number of hydrogen-bond donors (Lipinski definition) is 0. The Bertz CT molecular complexity index is 32.6. The van der Waals surface area contributed by atoms with Gasteiger partial charge in [-0.25, -0.2) is 0 Å². The van der Waals surface area contributed by atoms with Gasteiger partial charge in [-0.3, -0.25) is 8.92 Å². The summed E-state index contributed by atoms with van der Waals surface area (Å²) >= 11 is 0. The first-order chi connectivity index (χ1) is 1.41. The van der Waals surface area contributed by atoms with Gasteiger partial charge in [-0.05, 0) is 0 Å². The zero-order valence-corrected chi connectivity index (χ0v) is 8.05. The summed E-state index contributed by atoms with van der Waals surface area (Å²) in [6, 6.07) is 0. The molecule has 0 amide bonds. The normalized spacial score (nSPS) is 0.800. The van der Waals surface area contributed by atoms with E-state index in [-0.39, 0.29) is 64.5 Å². The van der Waals surface area contributed by atoms with Crippen LogP contribution in [0.4, 0.5) is 0 Å². The maximum Gasteiger partial charge on any atom is 0.549 e. The minimum Gasteiger partial charge on any atom is -2.00 e. The van der Waals surface area contributed by atoms with Gasteiger partial charge in [0.1, 0.15) is 0 Å². The minimum absolute atomic E-state index is 0. The maximum atomic E-state index is 8.40. The molecule has 0 aliphatic rings. The van der Waals surface area contributed by atoms with Gasteiger partial charge in [0.25, 0.3) is 0 Å². The molecule has 10 heteroatoms. The Balaban J connectivity index is -0.000000000952. The predicted molar refractivity (Wildman–Crippen MR) is 10.6 cm³/mol. The molecule has 0 rings (SSSR count). The third kappa shape index (κ3) is 863. The molecule has 0 aromatic heterocycles. The Morgan fingerprint density at radius 3 is 0.600 bits per heavy atom. The molecular weight excluding hydrogens is 242 g/mol. The van der Waals surface area contributed by atoms with Crippen molar-refractivity contribution in [3.8, 4) is 0 Å². The zero-order chi connectivity index (χ0) is 2.71. The predicted octanol–water partition coefficient (Wildman–Crippen LogP) is -1.22. The van der Waals surface area contributed by atoms with Crippen LogP contribution < -0.4 is 0 Å². The van der Waals surface area contributed by atoms with E-state index in [1.165, 1.54) is 0 Å². The quantitative estimate of drug-likeness (QED) is 0.483. The van der Waals surface area contributed by atoms with Crippen molar-refractivity contribution < 1.29 is 73.4 Å². The Hall–Kier alpha value is 0.786. The van der Waals surface area contributed by atoms with Crippen LogP contribution in [0, 0.1) is 0 Å². The van der Waals surface area contributed by atoms with E-state index in [0.29, 0.717) is 0 Å². The van der Waals surface area contributed by atoms with E-state index < -0.39 is 9.29 Å². The van der Waals surface area contributed by atoms with Gasteiger partial charge in [-0.2, -0.15) is 0 Å². The molecule has 0 bridgehead atoms. The van der Waals surface area contributed by atoms with E-state index in [1.807, 2.05) is 0 Å². The van der Waals surface area contributed by atoms with Crippen molar-refractivity contribution >= 4 is 9.29 Å². The molecule has 0 aromatic carbocycles. The molecule has 0 heterocycles. The van der Waals surface area contributed by atoms with Crippen LogP contribution in [0.1, 0.15) is 0 Å². The SMILES string of the molecule is O=[Si]=O.[O-2].[O-2].[O-2].[O-2].[O-2].[V].[V]. The van der Waals surface area contributed by atoms with Crippen LogP contribution >= 0.6 is 0 Å². The number of rotatable bonds is 0. The molecule has 0 N–H and O–H groups in total. The van der Waals surface area contributed by atoms with Gasteiger partial charge in [-0.15, -0.1) is 0 Å². The summed E-state index contributed by atoms with van der Waals surface area (Å²) < 4.78 is 16.8. The molecule has 0 atom stereocenters. The summed E-state index contributed by atoms with van der Waals surface area (Å²) in [6.07, 6.45) is 0. The Labute approximate surface area is 82.8 Å². The molecule has 0 saturated heterocycles.